The van der Waals surface area contributed by atoms with Crippen molar-refractivity contribution in [1.82, 2.24) is 19.5 Å². The molecule has 0 fully saturated rings. The Hall–Kier alpha value is -3.72. The molecule has 3 aromatic rings. The van der Waals surface area contributed by atoms with E-state index in [0.717, 1.165) is 0 Å². The fourth-order valence-electron chi connectivity index (χ4n) is 2.45. The van der Waals surface area contributed by atoms with E-state index in [1.54, 1.807) is 0 Å². The fourth-order valence-corrected chi connectivity index (χ4v) is 2.45. The Morgan fingerprint density at radius 2 is 1.91 bits per heavy atom. The number of carboxylic acids is 1. The van der Waals surface area contributed by atoms with Crippen molar-refractivity contribution < 1.29 is 35.1 Å². The number of nitrogens with two attached hydrogens (primary N) is 2. The average Bonchev–Trinajstić information content (AvgIpc) is 3.15. The number of carbonyl (C=O) groups is 1. The van der Waals surface area contributed by atoms with Gasteiger partial charge in [0.15, 0.2) is 22.7 Å². The summed E-state index contributed by atoms with van der Waals surface area (Å²) in [5.74, 6) is -1.63. The van der Waals surface area contributed by atoms with Crippen molar-refractivity contribution in [2.45, 2.75) is 25.3 Å². The van der Waals surface area contributed by atoms with Crippen LogP contribution < -0.4 is 17.0 Å². The minimum atomic E-state index is -1.10. The van der Waals surface area contributed by atoms with Crippen LogP contribution in [0.5, 0.6) is 11.5 Å². The lowest BCUT2D eigenvalue weighted by molar-refractivity contribution is -0.138. The molecule has 0 spiro atoms. The first kappa shape index (κ1) is 24.5. The van der Waals surface area contributed by atoms with Gasteiger partial charge in [0.25, 0.3) is 5.56 Å². The smallest absolute Gasteiger partial charge is 0.320 e. The molecule has 0 aliphatic rings. The summed E-state index contributed by atoms with van der Waals surface area (Å²) in [7, 11) is 0. The normalized spacial score (nSPS) is 11.9. The number of H-pyrrole nitrogens is 1. The summed E-state index contributed by atoms with van der Waals surface area (Å²) in [4.78, 5) is 32.1. The molecule has 0 saturated heterocycles. The number of rotatable bonds is 8. The summed E-state index contributed by atoms with van der Waals surface area (Å²) in [5, 5.41) is 44.3. The van der Waals surface area contributed by atoms with E-state index >= 15 is 0 Å². The molecule has 0 aliphatic heterocycles. The quantitative estimate of drug-likeness (QED) is 0.174. The molecule has 0 unspecified atom stereocenters. The first-order valence-corrected chi connectivity index (χ1v) is 9.19. The van der Waals surface area contributed by atoms with E-state index in [-0.39, 0.29) is 55.0 Å². The maximum atomic E-state index is 11.5. The number of hydrogen-bond acceptors (Lipinski definition) is 11. The third kappa shape index (κ3) is 6.39. The Morgan fingerprint density at radius 3 is 2.50 bits per heavy atom. The lowest BCUT2D eigenvalue weighted by Gasteiger charge is -2.12. The van der Waals surface area contributed by atoms with Crippen molar-refractivity contribution >= 4 is 23.1 Å². The molecule has 0 bridgehead atoms. The monoisotopic (exact) mass is 452 g/mol. The topological polar surface area (TPSA) is 243 Å². The Balaban J connectivity index is 0.000000235. The van der Waals surface area contributed by atoms with Gasteiger partial charge in [-0.15, -0.1) is 0 Å². The molecular weight excluding hydrogens is 428 g/mol. The second-order valence-electron chi connectivity index (χ2n) is 6.59. The zero-order chi connectivity index (χ0) is 23.8. The van der Waals surface area contributed by atoms with Gasteiger partial charge >= 0.3 is 5.97 Å². The van der Waals surface area contributed by atoms with E-state index < -0.39 is 23.7 Å². The first-order chi connectivity index (χ1) is 15.2. The zero-order valence-electron chi connectivity index (χ0n) is 16.7. The number of aliphatic carboxylic acids is 1. The molecule has 1 aromatic carbocycles. The van der Waals surface area contributed by atoms with Crippen LogP contribution in [-0.4, -0.2) is 76.4 Å². The molecule has 2 heterocycles. The minimum Gasteiger partial charge on any atom is -0.504 e. The molecule has 32 heavy (non-hydrogen) atoms. The highest BCUT2D eigenvalue weighted by Gasteiger charge is 2.13. The number of aromatic amines is 1. The predicted octanol–water partition coefficient (Wildman–Crippen LogP) is -1.92. The highest BCUT2D eigenvalue weighted by Crippen LogP contribution is 2.25. The van der Waals surface area contributed by atoms with Gasteiger partial charge in [-0.2, -0.15) is 4.98 Å². The van der Waals surface area contributed by atoms with E-state index in [1.165, 1.54) is 29.1 Å². The number of aliphatic hydroxyl groups excluding tert-OH is 2. The Kier molecular flexibility index (Phi) is 8.48. The molecule has 10 N–H and O–H groups in total. The summed E-state index contributed by atoms with van der Waals surface area (Å²) in [6.45, 7) is -0.614. The third-order valence-corrected chi connectivity index (χ3v) is 4.16. The van der Waals surface area contributed by atoms with E-state index in [0.29, 0.717) is 5.56 Å². The summed E-state index contributed by atoms with van der Waals surface area (Å²) in [6, 6.07) is 3.09. The number of nitrogens with one attached hydrogen (secondary N) is 1. The number of hydrogen-bond donors (Lipinski definition) is 8. The SMILES string of the molecule is N[C@@H](Cc1ccc(O)c(O)c1)C(=O)O.Nc1nc2c(ncn2COC(CO)CO)c(=O)[nH]1. The fraction of sp³-hybridized carbons (Fsp3) is 0.333. The number of benzene rings is 1. The van der Waals surface area contributed by atoms with Gasteiger partial charge < -0.3 is 41.7 Å². The van der Waals surface area contributed by atoms with Gasteiger partial charge in [-0.05, 0) is 24.1 Å². The number of nitrogen functional groups attached to an aromatic ring is 1. The molecule has 0 aliphatic carbocycles. The van der Waals surface area contributed by atoms with Gasteiger partial charge in [0, 0.05) is 0 Å². The van der Waals surface area contributed by atoms with Gasteiger partial charge in [-0.1, -0.05) is 6.07 Å². The van der Waals surface area contributed by atoms with Crippen LogP contribution in [0.1, 0.15) is 5.56 Å². The standard InChI is InChI=1S/C9H13N5O4.C9H11NO4/c10-9-12-7-6(8(17)13-9)11-3-14(7)4-18-5(1-15)2-16;10-6(9(13)14)3-5-1-2-7(11)8(12)4-5/h3,5,15-16H,1-2,4H2,(H3,10,12,13,17);1-2,4,6,11-12H,3,10H2,(H,13,14)/t;6-/m.0/s1. The van der Waals surface area contributed by atoms with Gasteiger partial charge in [-0.3, -0.25) is 19.1 Å². The van der Waals surface area contributed by atoms with Crippen LogP contribution in [0, 0.1) is 0 Å². The van der Waals surface area contributed by atoms with Crippen LogP contribution >= 0.6 is 0 Å². The van der Waals surface area contributed by atoms with Gasteiger partial charge in [0.1, 0.15) is 18.9 Å². The van der Waals surface area contributed by atoms with Crippen LogP contribution in [-0.2, 0) is 22.7 Å². The predicted molar refractivity (Wildman–Crippen MR) is 111 cm³/mol. The number of aromatic hydroxyl groups is 2. The number of fused-ring (bicyclic) bond motifs is 1. The summed E-state index contributed by atoms with van der Waals surface area (Å²) in [5.41, 5.74) is 11.3. The van der Waals surface area contributed by atoms with Crippen molar-refractivity contribution in [2.24, 2.45) is 5.73 Å². The second-order valence-corrected chi connectivity index (χ2v) is 6.59. The number of phenolic OH excluding ortho intramolecular Hbond substituents is 2. The maximum Gasteiger partial charge on any atom is 0.320 e. The number of aromatic nitrogens is 4. The lowest BCUT2D eigenvalue weighted by Crippen LogP contribution is -2.32. The van der Waals surface area contributed by atoms with Crippen molar-refractivity contribution in [1.29, 1.82) is 0 Å². The highest BCUT2D eigenvalue weighted by molar-refractivity contribution is 5.73. The van der Waals surface area contributed by atoms with Crippen LogP contribution in [0.25, 0.3) is 11.2 Å². The average molecular weight is 452 g/mol. The number of anilines is 1. The van der Waals surface area contributed by atoms with E-state index in [2.05, 4.69) is 15.0 Å². The van der Waals surface area contributed by atoms with Crippen molar-refractivity contribution in [3.05, 3.63) is 40.4 Å². The van der Waals surface area contributed by atoms with E-state index in [9.17, 15) is 9.59 Å². The van der Waals surface area contributed by atoms with E-state index in [4.69, 9.17) is 41.7 Å². The zero-order valence-corrected chi connectivity index (χ0v) is 16.7. The number of imidazole rings is 1. The van der Waals surface area contributed by atoms with Crippen LogP contribution in [0.15, 0.2) is 29.3 Å². The van der Waals surface area contributed by atoms with Crippen molar-refractivity contribution in [3.8, 4) is 11.5 Å². The van der Waals surface area contributed by atoms with Crippen molar-refractivity contribution in [2.75, 3.05) is 18.9 Å². The Labute approximate surface area is 180 Å². The molecule has 1 atom stereocenters. The molecule has 3 rings (SSSR count). The molecule has 0 amide bonds. The number of aliphatic hydroxyl groups is 2. The van der Waals surface area contributed by atoms with Crippen LogP contribution in [0.3, 0.4) is 0 Å². The maximum absolute atomic E-state index is 11.5. The van der Waals surface area contributed by atoms with Crippen molar-refractivity contribution in [3.63, 3.8) is 0 Å². The molecule has 14 nitrogen and oxygen atoms in total. The summed E-state index contributed by atoms with van der Waals surface area (Å²) < 4.78 is 6.66. The third-order valence-electron chi connectivity index (χ3n) is 4.16. The van der Waals surface area contributed by atoms with Gasteiger partial charge in [0.05, 0.1) is 19.5 Å². The lowest BCUT2D eigenvalue weighted by atomic mass is 10.1. The summed E-state index contributed by atoms with van der Waals surface area (Å²) in [6.07, 6.45) is 0.795. The van der Waals surface area contributed by atoms with Crippen LogP contribution in [0.2, 0.25) is 0 Å². The highest BCUT2D eigenvalue weighted by atomic mass is 16.5. The molecule has 2 aromatic heterocycles. The molecular formula is C18H24N6O8. The molecule has 0 radical (unpaired) electrons. The second kappa shape index (κ2) is 11.1. The molecule has 174 valence electrons. The van der Waals surface area contributed by atoms with Gasteiger partial charge in [0.2, 0.25) is 5.95 Å². The first-order valence-electron chi connectivity index (χ1n) is 9.19. The Morgan fingerprint density at radius 1 is 1.22 bits per heavy atom. The van der Waals surface area contributed by atoms with E-state index in [1.807, 2.05) is 0 Å². The number of carboxylic acid groups (broad SMARTS) is 1. The molecule has 0 saturated carbocycles. The van der Waals surface area contributed by atoms with Gasteiger partial charge in [-0.25, -0.2) is 4.98 Å². The Bertz CT molecular complexity index is 1110. The number of phenols is 2. The summed E-state index contributed by atoms with van der Waals surface area (Å²) >= 11 is 0. The number of nitrogens with zero attached hydrogens (tertiary/aromatic N) is 3. The molecule has 14 heteroatoms. The largest absolute Gasteiger partial charge is 0.504 e. The van der Waals surface area contributed by atoms with Crippen LogP contribution in [0.4, 0.5) is 5.95 Å². The minimum absolute atomic E-state index is 0.00181. The number of ether oxygens (including phenoxy) is 1.